The molecule has 0 aromatic heterocycles. The molecule has 0 aromatic rings. The molecule has 6 nitrogen and oxygen atoms in total. The highest BCUT2D eigenvalue weighted by molar-refractivity contribution is 5.71. The van der Waals surface area contributed by atoms with Crippen LogP contribution in [0.15, 0.2) is 97.2 Å². The molecule has 0 N–H and O–H groups in total. The predicted molar refractivity (Wildman–Crippen MR) is 279 cm³/mol. The minimum absolute atomic E-state index is 0.116. The summed E-state index contributed by atoms with van der Waals surface area (Å²) in [5.41, 5.74) is 0. The highest BCUT2D eigenvalue weighted by Gasteiger charge is 2.19. The van der Waals surface area contributed by atoms with E-state index in [1.165, 1.54) is 122 Å². The molecule has 0 aliphatic carbocycles. The Morgan fingerprint density at radius 1 is 0.338 bits per heavy atom. The number of ether oxygens (including phenoxy) is 3. The van der Waals surface area contributed by atoms with Crippen LogP contribution >= 0.6 is 0 Å². The number of unbranched alkanes of at least 4 members (excludes halogenated alkanes) is 23. The van der Waals surface area contributed by atoms with Crippen molar-refractivity contribution < 1.29 is 28.6 Å². The van der Waals surface area contributed by atoms with E-state index in [4.69, 9.17) is 14.2 Å². The van der Waals surface area contributed by atoms with Gasteiger partial charge in [0.1, 0.15) is 13.2 Å². The SMILES string of the molecule is CC/C=C/C=C/C=C/C=C/CCCCCC(=O)OCC(COC(=O)CCC/C=C/C/C=C/C/C=C/CCCCCCCC)OC(=O)CCCCCCCCC/C=C/CCCCCCCC. The molecule has 0 amide bonds. The van der Waals surface area contributed by atoms with Crippen LogP contribution in [0.5, 0.6) is 0 Å². The average molecular weight is 903 g/mol. The molecule has 0 spiro atoms. The van der Waals surface area contributed by atoms with Crippen molar-refractivity contribution in [2.24, 2.45) is 0 Å². The van der Waals surface area contributed by atoms with Gasteiger partial charge in [-0.25, -0.2) is 0 Å². The summed E-state index contributed by atoms with van der Waals surface area (Å²) in [6.07, 6.45) is 69.7. The first kappa shape index (κ1) is 61.3. The molecule has 0 rings (SSSR count). The van der Waals surface area contributed by atoms with Gasteiger partial charge in [-0.2, -0.15) is 0 Å². The second-order valence-corrected chi connectivity index (χ2v) is 17.5. The average Bonchev–Trinajstić information content (AvgIpc) is 3.30. The number of carbonyl (C=O) groups is 3. The summed E-state index contributed by atoms with van der Waals surface area (Å²) in [5, 5.41) is 0. The van der Waals surface area contributed by atoms with Gasteiger partial charge in [-0.05, 0) is 96.3 Å². The normalized spacial score (nSPS) is 12.8. The Balaban J connectivity index is 4.51. The lowest BCUT2D eigenvalue weighted by Gasteiger charge is -2.18. The van der Waals surface area contributed by atoms with Crippen LogP contribution in [0, 0.1) is 0 Å². The van der Waals surface area contributed by atoms with Crippen LogP contribution in [-0.2, 0) is 28.6 Å². The van der Waals surface area contributed by atoms with Crippen LogP contribution in [0.1, 0.15) is 239 Å². The van der Waals surface area contributed by atoms with Crippen LogP contribution in [0.25, 0.3) is 0 Å². The number of allylic oxidation sites excluding steroid dienone is 16. The van der Waals surface area contributed by atoms with Crippen LogP contribution in [-0.4, -0.2) is 37.2 Å². The lowest BCUT2D eigenvalue weighted by molar-refractivity contribution is -0.167. The number of rotatable bonds is 47. The minimum Gasteiger partial charge on any atom is -0.462 e. The van der Waals surface area contributed by atoms with Gasteiger partial charge in [0, 0.05) is 19.3 Å². The highest BCUT2D eigenvalue weighted by atomic mass is 16.6. The van der Waals surface area contributed by atoms with Gasteiger partial charge >= 0.3 is 17.9 Å². The van der Waals surface area contributed by atoms with Crippen LogP contribution in [0.2, 0.25) is 0 Å². The Kier molecular flexibility index (Phi) is 50.0. The van der Waals surface area contributed by atoms with Crippen LogP contribution < -0.4 is 0 Å². The number of hydrogen-bond donors (Lipinski definition) is 0. The summed E-state index contributed by atoms with van der Waals surface area (Å²) in [7, 11) is 0. The summed E-state index contributed by atoms with van der Waals surface area (Å²) in [4.78, 5) is 38.0. The third kappa shape index (κ3) is 51.2. The molecule has 370 valence electrons. The smallest absolute Gasteiger partial charge is 0.306 e. The zero-order chi connectivity index (χ0) is 47.2. The van der Waals surface area contributed by atoms with E-state index in [1.54, 1.807) is 0 Å². The van der Waals surface area contributed by atoms with E-state index in [1.807, 2.05) is 36.5 Å². The Morgan fingerprint density at radius 2 is 0.677 bits per heavy atom. The molecule has 0 aliphatic rings. The van der Waals surface area contributed by atoms with Crippen molar-refractivity contribution >= 4 is 17.9 Å². The first-order chi connectivity index (χ1) is 32.0. The zero-order valence-electron chi connectivity index (χ0n) is 42.2. The van der Waals surface area contributed by atoms with Gasteiger partial charge in [0.2, 0.25) is 0 Å². The van der Waals surface area contributed by atoms with E-state index in [2.05, 4.69) is 81.5 Å². The van der Waals surface area contributed by atoms with Gasteiger partial charge in [0.15, 0.2) is 6.10 Å². The van der Waals surface area contributed by atoms with Crippen molar-refractivity contribution in [3.8, 4) is 0 Å². The fourth-order valence-corrected chi connectivity index (χ4v) is 7.11. The fraction of sp³-hybridized carbons (Fsp3) is 0.678. The van der Waals surface area contributed by atoms with Crippen molar-refractivity contribution in [3.05, 3.63) is 97.2 Å². The second-order valence-electron chi connectivity index (χ2n) is 17.5. The third-order valence-electron chi connectivity index (χ3n) is 11.1. The van der Waals surface area contributed by atoms with Crippen molar-refractivity contribution in [2.75, 3.05) is 13.2 Å². The topological polar surface area (TPSA) is 78.9 Å². The number of hydrogen-bond acceptors (Lipinski definition) is 6. The van der Waals surface area contributed by atoms with Gasteiger partial charge in [-0.1, -0.05) is 221 Å². The van der Waals surface area contributed by atoms with E-state index >= 15 is 0 Å². The maximum atomic E-state index is 12.8. The van der Waals surface area contributed by atoms with Gasteiger partial charge in [-0.3, -0.25) is 14.4 Å². The molecule has 1 unspecified atom stereocenters. The highest BCUT2D eigenvalue weighted by Crippen LogP contribution is 2.14. The Labute approximate surface area is 400 Å². The minimum atomic E-state index is -0.817. The Hall–Kier alpha value is -3.67. The Bertz CT molecular complexity index is 1310. The zero-order valence-corrected chi connectivity index (χ0v) is 42.2. The standard InChI is InChI=1S/C59H98O6/c1-4-7-10-13-16-19-22-25-27-29-31-34-37-40-43-46-49-52-58(61)64-55-56(54-63-57(60)51-48-45-42-39-36-33-24-21-18-15-12-9-6-3)65-59(62)53-50-47-44-41-38-35-32-30-28-26-23-20-17-14-11-8-5-2/h9,12,15,18,21,24-28,31,33-34,36,40,43,56H,4-8,10-11,13-14,16-17,19-20,22-23,29-30,32,35,37-39,41-42,44-55H2,1-3H3/b12-9+,18-15+,24-21+,27-25+,28-26+,34-31+,36-33+,43-40+. The summed E-state index contributed by atoms with van der Waals surface area (Å²) < 4.78 is 16.7. The lowest BCUT2D eigenvalue weighted by Crippen LogP contribution is -2.30. The molecule has 0 bridgehead atoms. The molecule has 0 saturated carbocycles. The largest absolute Gasteiger partial charge is 0.462 e. The van der Waals surface area contributed by atoms with Crippen molar-refractivity contribution in [1.82, 2.24) is 0 Å². The predicted octanol–water partition coefficient (Wildman–Crippen LogP) is 17.8. The van der Waals surface area contributed by atoms with Gasteiger partial charge < -0.3 is 14.2 Å². The van der Waals surface area contributed by atoms with E-state index in [0.717, 1.165) is 70.6 Å². The Morgan fingerprint density at radius 3 is 1.17 bits per heavy atom. The summed E-state index contributed by atoms with van der Waals surface area (Å²) in [6.45, 7) is 6.40. The molecule has 0 saturated heterocycles. The molecule has 0 radical (unpaired) electrons. The van der Waals surface area contributed by atoms with E-state index in [9.17, 15) is 14.4 Å². The molecule has 1 atom stereocenters. The fourth-order valence-electron chi connectivity index (χ4n) is 7.11. The first-order valence-corrected chi connectivity index (χ1v) is 26.8. The molecule has 0 aromatic carbocycles. The van der Waals surface area contributed by atoms with Gasteiger partial charge in [0.25, 0.3) is 0 Å². The summed E-state index contributed by atoms with van der Waals surface area (Å²) in [6, 6.07) is 0. The monoisotopic (exact) mass is 903 g/mol. The summed E-state index contributed by atoms with van der Waals surface area (Å²) in [5.74, 6) is -1.01. The number of carbonyl (C=O) groups excluding carboxylic acids is 3. The van der Waals surface area contributed by atoms with Crippen molar-refractivity contribution in [1.29, 1.82) is 0 Å². The maximum absolute atomic E-state index is 12.8. The van der Waals surface area contributed by atoms with Crippen molar-refractivity contribution in [3.63, 3.8) is 0 Å². The van der Waals surface area contributed by atoms with E-state index in [-0.39, 0.29) is 37.5 Å². The third-order valence-corrected chi connectivity index (χ3v) is 11.1. The summed E-state index contributed by atoms with van der Waals surface area (Å²) >= 11 is 0. The molecule has 0 aliphatic heterocycles. The van der Waals surface area contributed by atoms with Crippen LogP contribution in [0.4, 0.5) is 0 Å². The molecular weight excluding hydrogens is 805 g/mol. The van der Waals surface area contributed by atoms with Gasteiger partial charge in [0.05, 0.1) is 0 Å². The van der Waals surface area contributed by atoms with Gasteiger partial charge in [-0.15, -0.1) is 0 Å². The molecule has 0 fully saturated rings. The maximum Gasteiger partial charge on any atom is 0.306 e. The lowest BCUT2D eigenvalue weighted by atomic mass is 10.1. The quantitative estimate of drug-likeness (QED) is 0.0199. The molecule has 6 heteroatoms. The second kappa shape index (κ2) is 52.9. The molecule has 0 heterocycles. The van der Waals surface area contributed by atoms with Crippen LogP contribution in [0.3, 0.4) is 0 Å². The van der Waals surface area contributed by atoms with Crippen molar-refractivity contribution in [2.45, 2.75) is 245 Å². The molecular formula is C59H98O6. The molecule has 65 heavy (non-hydrogen) atoms. The first-order valence-electron chi connectivity index (χ1n) is 26.8. The van der Waals surface area contributed by atoms with E-state index in [0.29, 0.717) is 19.3 Å². The number of esters is 3. The van der Waals surface area contributed by atoms with E-state index < -0.39 is 6.10 Å².